The van der Waals surface area contributed by atoms with Crippen molar-refractivity contribution in [3.63, 3.8) is 0 Å². The molecule has 1 heteroatoms. The van der Waals surface area contributed by atoms with Crippen LogP contribution in [-0.2, 0) is 0 Å². The summed E-state index contributed by atoms with van der Waals surface area (Å²) in [5.41, 5.74) is 2.28. The van der Waals surface area contributed by atoms with Gasteiger partial charge in [-0.05, 0) is 12.0 Å². The fraction of sp³-hybridized carbons (Fsp3) is 0.636. The van der Waals surface area contributed by atoms with Gasteiger partial charge in [0.1, 0.15) is 0 Å². The van der Waals surface area contributed by atoms with Crippen molar-refractivity contribution >= 4 is 0 Å². The summed E-state index contributed by atoms with van der Waals surface area (Å²) in [4.78, 5) is 0. The maximum absolute atomic E-state index is 9.55. The van der Waals surface area contributed by atoms with Crippen LogP contribution in [-0.4, -0.2) is 11.2 Å². The zero-order chi connectivity index (χ0) is 9.35. The van der Waals surface area contributed by atoms with Crippen molar-refractivity contribution in [3.05, 3.63) is 23.8 Å². The zero-order valence-corrected chi connectivity index (χ0v) is 8.22. The second-order valence-corrected chi connectivity index (χ2v) is 4.04. The van der Waals surface area contributed by atoms with E-state index in [0.717, 1.165) is 18.4 Å². The van der Waals surface area contributed by atoms with E-state index in [1.165, 1.54) is 5.57 Å². The average molecular weight is 166 g/mol. The Bertz CT molecular complexity index is 223. The van der Waals surface area contributed by atoms with Crippen LogP contribution in [0.1, 0.15) is 33.6 Å². The van der Waals surface area contributed by atoms with Crippen molar-refractivity contribution in [3.8, 4) is 0 Å². The lowest BCUT2D eigenvalue weighted by Gasteiger charge is -2.24. The lowest BCUT2D eigenvalue weighted by Crippen LogP contribution is -2.16. The molecule has 0 aromatic rings. The van der Waals surface area contributed by atoms with Crippen LogP contribution in [0.2, 0.25) is 0 Å². The number of allylic oxidation sites excluding steroid dienone is 1. The van der Waals surface area contributed by atoms with Gasteiger partial charge in [0.25, 0.3) is 0 Å². The number of hydrogen-bond donors (Lipinski definition) is 1. The molecule has 1 nitrogen and oxygen atoms in total. The molecule has 0 bridgehead atoms. The van der Waals surface area contributed by atoms with Crippen molar-refractivity contribution in [1.82, 2.24) is 0 Å². The smallest absolute Gasteiger partial charge is 0.0940 e. The molecule has 12 heavy (non-hydrogen) atoms. The van der Waals surface area contributed by atoms with Gasteiger partial charge in [-0.3, -0.25) is 0 Å². The third kappa shape index (κ3) is 1.34. The largest absolute Gasteiger partial charge is 0.385 e. The summed E-state index contributed by atoms with van der Waals surface area (Å²) in [6, 6.07) is 0. The molecule has 0 aliphatic heterocycles. The van der Waals surface area contributed by atoms with E-state index in [2.05, 4.69) is 27.4 Å². The first kappa shape index (κ1) is 9.53. The highest BCUT2D eigenvalue weighted by Crippen LogP contribution is 2.43. The van der Waals surface area contributed by atoms with Crippen LogP contribution >= 0.6 is 0 Å². The molecule has 1 aliphatic carbocycles. The van der Waals surface area contributed by atoms with Crippen molar-refractivity contribution < 1.29 is 5.11 Å². The molecule has 0 saturated heterocycles. The number of hydrogen-bond acceptors (Lipinski definition) is 1. The summed E-state index contributed by atoms with van der Waals surface area (Å²) in [6.07, 6.45) is 3.74. The molecular formula is C11H18O. The minimum atomic E-state index is -0.415. The van der Waals surface area contributed by atoms with Crippen LogP contribution in [0, 0.1) is 5.41 Å². The first-order valence-electron chi connectivity index (χ1n) is 4.58. The maximum atomic E-state index is 9.55. The Morgan fingerprint density at radius 3 is 2.50 bits per heavy atom. The second kappa shape index (κ2) is 3.06. The molecule has 0 spiro atoms. The van der Waals surface area contributed by atoms with Gasteiger partial charge in [-0.25, -0.2) is 0 Å². The van der Waals surface area contributed by atoms with Gasteiger partial charge in [0.05, 0.1) is 6.10 Å². The Kier molecular flexibility index (Phi) is 2.43. The highest BCUT2D eigenvalue weighted by molar-refractivity contribution is 5.38. The number of rotatable bonds is 2. The molecule has 0 fully saturated rings. The molecule has 1 N–H and O–H groups in total. The Labute approximate surface area is 74.8 Å². The predicted octanol–water partition coefficient (Wildman–Crippen LogP) is 2.67. The lowest BCUT2D eigenvalue weighted by atomic mass is 9.80. The van der Waals surface area contributed by atoms with E-state index < -0.39 is 6.10 Å². The first-order chi connectivity index (χ1) is 5.50. The van der Waals surface area contributed by atoms with E-state index >= 15 is 0 Å². The van der Waals surface area contributed by atoms with Crippen molar-refractivity contribution in [2.45, 2.75) is 39.7 Å². The summed E-state index contributed by atoms with van der Waals surface area (Å²) in [5.74, 6) is 0. The van der Waals surface area contributed by atoms with Gasteiger partial charge in [0.2, 0.25) is 0 Å². The van der Waals surface area contributed by atoms with E-state index in [4.69, 9.17) is 0 Å². The Morgan fingerprint density at radius 1 is 1.58 bits per heavy atom. The summed E-state index contributed by atoms with van der Waals surface area (Å²) in [6.45, 7) is 10.3. The van der Waals surface area contributed by atoms with Gasteiger partial charge >= 0.3 is 0 Å². The van der Waals surface area contributed by atoms with Crippen LogP contribution in [0.25, 0.3) is 0 Å². The minimum absolute atomic E-state index is 0.00935. The highest BCUT2D eigenvalue weighted by Gasteiger charge is 2.35. The lowest BCUT2D eigenvalue weighted by molar-refractivity contribution is 0.250. The van der Waals surface area contributed by atoms with Crippen LogP contribution in [0.5, 0.6) is 0 Å². The van der Waals surface area contributed by atoms with Crippen LogP contribution in [0.4, 0.5) is 0 Å². The number of aliphatic hydroxyl groups excluding tert-OH is 1. The Balaban J connectivity index is 2.87. The number of aliphatic hydroxyl groups is 1. The van der Waals surface area contributed by atoms with E-state index in [1.54, 1.807) is 0 Å². The fourth-order valence-corrected chi connectivity index (χ4v) is 1.74. The monoisotopic (exact) mass is 166 g/mol. The van der Waals surface area contributed by atoms with Crippen molar-refractivity contribution in [1.29, 1.82) is 0 Å². The fourth-order valence-electron chi connectivity index (χ4n) is 1.74. The molecule has 0 radical (unpaired) electrons. The summed E-state index contributed by atoms with van der Waals surface area (Å²) in [5, 5.41) is 9.55. The van der Waals surface area contributed by atoms with E-state index in [1.807, 2.05) is 6.08 Å². The predicted molar refractivity (Wildman–Crippen MR) is 51.9 cm³/mol. The van der Waals surface area contributed by atoms with Crippen LogP contribution < -0.4 is 0 Å². The molecule has 0 saturated carbocycles. The quantitative estimate of drug-likeness (QED) is 0.625. The summed E-state index contributed by atoms with van der Waals surface area (Å²) in [7, 11) is 0. The average Bonchev–Trinajstić information content (AvgIpc) is 2.17. The molecular weight excluding hydrogens is 148 g/mol. The van der Waals surface area contributed by atoms with Gasteiger partial charge in [-0.2, -0.15) is 0 Å². The molecule has 1 rings (SSSR count). The van der Waals surface area contributed by atoms with Gasteiger partial charge in [-0.15, -0.1) is 0 Å². The summed E-state index contributed by atoms with van der Waals surface area (Å²) < 4.78 is 0. The van der Waals surface area contributed by atoms with Gasteiger partial charge in [0, 0.05) is 5.41 Å². The molecule has 0 heterocycles. The van der Waals surface area contributed by atoms with Gasteiger partial charge in [0.15, 0.2) is 0 Å². The third-order valence-corrected chi connectivity index (χ3v) is 2.84. The third-order valence-electron chi connectivity index (χ3n) is 2.84. The molecule has 0 amide bonds. The second-order valence-electron chi connectivity index (χ2n) is 4.04. The minimum Gasteiger partial charge on any atom is -0.385 e. The normalized spacial score (nSPS) is 27.5. The Hall–Kier alpha value is -0.560. The topological polar surface area (TPSA) is 20.2 Å². The standard InChI is InChI=1S/C11H18O/c1-5-6-9-7-10(12)8(2)11(9,3)4/h7,10,12H,2,5-6H2,1,3-4H3/t10-/m1/s1. The molecule has 1 atom stereocenters. The molecule has 0 aromatic carbocycles. The highest BCUT2D eigenvalue weighted by atomic mass is 16.3. The Morgan fingerprint density at radius 2 is 2.17 bits per heavy atom. The van der Waals surface area contributed by atoms with E-state index in [0.29, 0.717) is 0 Å². The van der Waals surface area contributed by atoms with E-state index in [9.17, 15) is 5.11 Å². The first-order valence-corrected chi connectivity index (χ1v) is 4.58. The molecule has 0 unspecified atom stereocenters. The van der Waals surface area contributed by atoms with Crippen molar-refractivity contribution in [2.24, 2.45) is 5.41 Å². The molecule has 0 aromatic heterocycles. The summed E-state index contributed by atoms with van der Waals surface area (Å²) >= 11 is 0. The zero-order valence-electron chi connectivity index (χ0n) is 8.22. The van der Waals surface area contributed by atoms with Gasteiger partial charge in [-0.1, -0.05) is 45.4 Å². The SMILES string of the molecule is C=C1[C@H](O)C=C(CCC)C1(C)C. The molecule has 68 valence electrons. The van der Waals surface area contributed by atoms with Crippen LogP contribution in [0.3, 0.4) is 0 Å². The van der Waals surface area contributed by atoms with Crippen LogP contribution in [0.15, 0.2) is 23.8 Å². The molecule has 1 aliphatic rings. The van der Waals surface area contributed by atoms with Gasteiger partial charge < -0.3 is 5.11 Å². The van der Waals surface area contributed by atoms with Crippen molar-refractivity contribution in [2.75, 3.05) is 0 Å². The van der Waals surface area contributed by atoms with E-state index in [-0.39, 0.29) is 5.41 Å². The maximum Gasteiger partial charge on any atom is 0.0940 e.